The number of carbonyl (C=O) groups is 2. The number of carbonyl (C=O) groups excluding carboxylic acids is 2. The van der Waals surface area contributed by atoms with Crippen molar-refractivity contribution in [1.82, 2.24) is 9.80 Å². The zero-order valence-corrected chi connectivity index (χ0v) is 14.7. The molecule has 1 unspecified atom stereocenters. The first-order valence-electron chi connectivity index (χ1n) is 9.19. The van der Waals surface area contributed by atoms with Gasteiger partial charge in [0.15, 0.2) is 0 Å². The van der Waals surface area contributed by atoms with Gasteiger partial charge in [-0.3, -0.25) is 4.79 Å². The summed E-state index contributed by atoms with van der Waals surface area (Å²) >= 11 is 0. The van der Waals surface area contributed by atoms with Crippen LogP contribution in [0.25, 0.3) is 0 Å². The number of amides is 3. The molecule has 0 bridgehead atoms. The van der Waals surface area contributed by atoms with Gasteiger partial charge >= 0.3 is 6.03 Å². The van der Waals surface area contributed by atoms with E-state index in [0.717, 1.165) is 38.1 Å². The normalized spacial score (nSPS) is 21.5. The van der Waals surface area contributed by atoms with Crippen LogP contribution in [-0.2, 0) is 9.53 Å². The Morgan fingerprint density at radius 1 is 1.04 bits per heavy atom. The van der Waals surface area contributed by atoms with Crippen LogP contribution in [0.15, 0.2) is 30.3 Å². The predicted molar refractivity (Wildman–Crippen MR) is 96.4 cm³/mol. The van der Waals surface area contributed by atoms with Crippen LogP contribution in [0.2, 0.25) is 0 Å². The number of urea groups is 1. The van der Waals surface area contributed by atoms with Gasteiger partial charge in [-0.1, -0.05) is 18.2 Å². The van der Waals surface area contributed by atoms with Crippen molar-refractivity contribution in [3.63, 3.8) is 0 Å². The third-order valence-electron chi connectivity index (χ3n) is 4.88. The average Bonchev–Trinajstić information content (AvgIpc) is 2.90. The molecule has 2 saturated heterocycles. The van der Waals surface area contributed by atoms with Crippen molar-refractivity contribution >= 4 is 17.6 Å². The fourth-order valence-corrected chi connectivity index (χ4v) is 3.44. The summed E-state index contributed by atoms with van der Waals surface area (Å²) in [5, 5.41) is 2.92. The number of benzene rings is 1. The van der Waals surface area contributed by atoms with E-state index >= 15 is 0 Å². The lowest BCUT2D eigenvalue weighted by molar-refractivity contribution is -0.133. The summed E-state index contributed by atoms with van der Waals surface area (Å²) < 4.78 is 5.47. The molecular weight excluding hydrogens is 318 g/mol. The monoisotopic (exact) mass is 345 g/mol. The smallest absolute Gasteiger partial charge is 0.321 e. The predicted octanol–water partition coefficient (Wildman–Crippen LogP) is 2.57. The van der Waals surface area contributed by atoms with Crippen molar-refractivity contribution in [1.29, 1.82) is 0 Å². The van der Waals surface area contributed by atoms with Crippen LogP contribution in [0.1, 0.15) is 25.7 Å². The van der Waals surface area contributed by atoms with E-state index in [1.807, 2.05) is 35.2 Å². The maximum absolute atomic E-state index is 12.5. The van der Waals surface area contributed by atoms with E-state index in [4.69, 9.17) is 4.74 Å². The third-order valence-corrected chi connectivity index (χ3v) is 4.88. The molecule has 0 radical (unpaired) electrons. The van der Waals surface area contributed by atoms with E-state index in [2.05, 4.69) is 5.32 Å². The molecule has 136 valence electrons. The summed E-state index contributed by atoms with van der Waals surface area (Å²) in [6, 6.07) is 9.36. The molecule has 1 aromatic carbocycles. The van der Waals surface area contributed by atoms with E-state index in [-0.39, 0.29) is 11.9 Å². The van der Waals surface area contributed by atoms with Gasteiger partial charge in [0.25, 0.3) is 0 Å². The molecule has 2 fully saturated rings. The van der Waals surface area contributed by atoms with Crippen molar-refractivity contribution in [3.8, 4) is 0 Å². The Bertz CT molecular complexity index is 573. The third kappa shape index (κ3) is 5.19. The topological polar surface area (TPSA) is 61.9 Å². The maximum atomic E-state index is 12.5. The minimum Gasteiger partial charge on any atom is -0.381 e. The molecule has 6 nitrogen and oxygen atoms in total. The van der Waals surface area contributed by atoms with Gasteiger partial charge in [0.2, 0.25) is 5.91 Å². The Morgan fingerprint density at radius 3 is 2.56 bits per heavy atom. The molecule has 0 spiro atoms. The molecule has 0 aliphatic carbocycles. The summed E-state index contributed by atoms with van der Waals surface area (Å²) in [7, 11) is 0. The van der Waals surface area contributed by atoms with Gasteiger partial charge in [-0.2, -0.15) is 0 Å². The number of hydrogen-bond acceptors (Lipinski definition) is 3. The Balaban J connectivity index is 1.48. The second kappa shape index (κ2) is 8.85. The highest BCUT2D eigenvalue weighted by atomic mass is 16.5. The Labute approximate surface area is 149 Å². The van der Waals surface area contributed by atoms with Crippen LogP contribution in [0.5, 0.6) is 0 Å². The van der Waals surface area contributed by atoms with Gasteiger partial charge in [-0.25, -0.2) is 4.79 Å². The van der Waals surface area contributed by atoms with Gasteiger partial charge in [-0.15, -0.1) is 0 Å². The maximum Gasteiger partial charge on any atom is 0.321 e. The summed E-state index contributed by atoms with van der Waals surface area (Å²) in [5.41, 5.74) is 0.793. The molecule has 25 heavy (non-hydrogen) atoms. The SMILES string of the molecule is O=C(CC1CCCOC1)N1CCCN(C(=O)Nc2ccccc2)CC1. The van der Waals surface area contributed by atoms with Crippen LogP contribution in [0, 0.1) is 5.92 Å². The number of nitrogens with one attached hydrogen (secondary N) is 1. The molecule has 1 aromatic rings. The van der Waals surface area contributed by atoms with Crippen LogP contribution in [0.3, 0.4) is 0 Å². The molecule has 2 aliphatic rings. The van der Waals surface area contributed by atoms with Gasteiger partial charge in [0.05, 0.1) is 0 Å². The minimum atomic E-state index is -0.0961. The lowest BCUT2D eigenvalue weighted by Gasteiger charge is -2.26. The number of ether oxygens (including phenoxy) is 1. The van der Waals surface area contributed by atoms with E-state index in [1.165, 1.54) is 0 Å². The summed E-state index contributed by atoms with van der Waals surface area (Å²) in [6.45, 7) is 4.10. The molecule has 0 aromatic heterocycles. The van der Waals surface area contributed by atoms with Crippen molar-refractivity contribution in [3.05, 3.63) is 30.3 Å². The Morgan fingerprint density at radius 2 is 1.80 bits per heavy atom. The van der Waals surface area contributed by atoms with E-state index in [9.17, 15) is 9.59 Å². The number of anilines is 1. The summed E-state index contributed by atoms with van der Waals surface area (Å²) in [4.78, 5) is 28.6. The molecular formula is C19H27N3O3. The standard InChI is InChI=1S/C19H27N3O3/c23-18(14-16-6-4-13-25-15-16)21-9-5-10-22(12-11-21)19(24)20-17-7-2-1-3-8-17/h1-3,7-8,16H,4-6,9-15H2,(H,20,24). The molecule has 2 heterocycles. The number of rotatable bonds is 3. The zero-order chi connectivity index (χ0) is 17.5. The first kappa shape index (κ1) is 17.7. The summed E-state index contributed by atoms with van der Waals surface area (Å²) in [5.74, 6) is 0.544. The van der Waals surface area contributed by atoms with Gasteiger partial charge < -0.3 is 19.9 Å². The van der Waals surface area contributed by atoms with E-state index < -0.39 is 0 Å². The number of hydrogen-bond donors (Lipinski definition) is 1. The highest BCUT2D eigenvalue weighted by Crippen LogP contribution is 2.19. The average molecular weight is 345 g/mol. The second-order valence-electron chi connectivity index (χ2n) is 6.80. The lowest BCUT2D eigenvalue weighted by Crippen LogP contribution is -2.40. The molecule has 1 atom stereocenters. The van der Waals surface area contributed by atoms with Crippen LogP contribution >= 0.6 is 0 Å². The van der Waals surface area contributed by atoms with Crippen molar-refractivity contribution in [2.75, 3.05) is 44.7 Å². The van der Waals surface area contributed by atoms with Crippen LogP contribution in [0.4, 0.5) is 10.5 Å². The number of nitrogens with zero attached hydrogens (tertiary/aromatic N) is 2. The van der Waals surface area contributed by atoms with Crippen molar-refractivity contribution in [2.45, 2.75) is 25.7 Å². The van der Waals surface area contributed by atoms with E-state index in [1.54, 1.807) is 4.90 Å². The number of para-hydroxylation sites is 1. The molecule has 6 heteroatoms. The highest BCUT2D eigenvalue weighted by Gasteiger charge is 2.25. The van der Waals surface area contributed by atoms with E-state index in [0.29, 0.717) is 38.6 Å². The quantitative estimate of drug-likeness (QED) is 0.916. The second-order valence-corrected chi connectivity index (χ2v) is 6.80. The van der Waals surface area contributed by atoms with Crippen LogP contribution in [-0.4, -0.2) is 61.1 Å². The largest absolute Gasteiger partial charge is 0.381 e. The fourth-order valence-electron chi connectivity index (χ4n) is 3.44. The molecule has 1 N–H and O–H groups in total. The molecule has 3 amide bonds. The highest BCUT2D eigenvalue weighted by molar-refractivity contribution is 5.89. The van der Waals surface area contributed by atoms with Gasteiger partial charge in [0, 0.05) is 51.5 Å². The minimum absolute atomic E-state index is 0.0961. The Kier molecular flexibility index (Phi) is 6.28. The first-order valence-corrected chi connectivity index (χ1v) is 9.19. The van der Waals surface area contributed by atoms with Crippen LogP contribution < -0.4 is 5.32 Å². The zero-order valence-electron chi connectivity index (χ0n) is 14.7. The molecule has 2 aliphatic heterocycles. The Hall–Kier alpha value is -2.08. The molecule has 0 saturated carbocycles. The molecule has 3 rings (SSSR count). The fraction of sp³-hybridized carbons (Fsp3) is 0.579. The van der Waals surface area contributed by atoms with Crippen molar-refractivity contribution < 1.29 is 14.3 Å². The van der Waals surface area contributed by atoms with Gasteiger partial charge in [0.1, 0.15) is 0 Å². The summed E-state index contributed by atoms with van der Waals surface area (Å²) in [6.07, 6.45) is 3.50. The van der Waals surface area contributed by atoms with Gasteiger partial charge in [-0.05, 0) is 37.3 Å². The van der Waals surface area contributed by atoms with Crippen molar-refractivity contribution in [2.24, 2.45) is 5.92 Å². The first-order chi connectivity index (χ1) is 12.2. The lowest BCUT2D eigenvalue weighted by atomic mass is 9.98.